The van der Waals surface area contributed by atoms with E-state index in [0.29, 0.717) is 0 Å². The quantitative estimate of drug-likeness (QED) is 0.793. The normalized spacial score (nSPS) is 20.2. The third-order valence-electron chi connectivity index (χ3n) is 2.89. The Morgan fingerprint density at radius 1 is 1.53 bits per heavy atom. The fraction of sp³-hybridized carbons (Fsp3) is 0.545. The molecule has 0 spiro atoms. The summed E-state index contributed by atoms with van der Waals surface area (Å²) in [5.74, 6) is 1.50. The summed E-state index contributed by atoms with van der Waals surface area (Å²) >= 11 is 1.73. The molecular weight excluding hydrogens is 240 g/mol. The minimum absolute atomic E-state index is 0.0557. The summed E-state index contributed by atoms with van der Waals surface area (Å²) in [6.45, 7) is 1.33. The van der Waals surface area contributed by atoms with Crippen molar-refractivity contribution >= 4 is 17.5 Å². The highest BCUT2D eigenvalue weighted by atomic mass is 32.2. The molecule has 1 saturated heterocycles. The Morgan fingerprint density at radius 2 is 2.29 bits per heavy atom. The zero-order valence-electron chi connectivity index (χ0n) is 9.56. The standard InChI is InChI=1S/C11H14N2O3S/c1-7(14)9-5-12-11(16)13(10(9)15)8-3-2-4-17-6-8/h5,8H,2-4,6H2,1H3,(H,12,16). The number of H-pyrrole nitrogens is 1. The molecule has 6 heteroatoms. The van der Waals surface area contributed by atoms with Gasteiger partial charge < -0.3 is 4.98 Å². The van der Waals surface area contributed by atoms with E-state index >= 15 is 0 Å². The van der Waals surface area contributed by atoms with Crippen molar-refractivity contribution in [3.05, 3.63) is 32.6 Å². The Hall–Kier alpha value is -1.30. The van der Waals surface area contributed by atoms with Gasteiger partial charge in [0.25, 0.3) is 5.56 Å². The van der Waals surface area contributed by atoms with Crippen LogP contribution in [0.25, 0.3) is 0 Å². The molecule has 2 rings (SSSR count). The lowest BCUT2D eigenvalue weighted by Crippen LogP contribution is -2.41. The van der Waals surface area contributed by atoms with Crippen molar-refractivity contribution in [2.45, 2.75) is 25.8 Å². The maximum Gasteiger partial charge on any atom is 0.328 e. The van der Waals surface area contributed by atoms with Gasteiger partial charge in [-0.15, -0.1) is 0 Å². The Bertz CT molecular complexity index is 540. The Labute approximate surface area is 102 Å². The molecule has 92 valence electrons. The lowest BCUT2D eigenvalue weighted by Gasteiger charge is -2.22. The molecule has 1 aliphatic heterocycles. The summed E-state index contributed by atoms with van der Waals surface area (Å²) in [6, 6.07) is -0.0932. The molecule has 0 radical (unpaired) electrons. The number of carbonyl (C=O) groups excluding carboxylic acids is 1. The van der Waals surface area contributed by atoms with Crippen molar-refractivity contribution < 1.29 is 4.79 Å². The van der Waals surface area contributed by atoms with Crippen LogP contribution in [0.4, 0.5) is 0 Å². The maximum atomic E-state index is 12.0. The van der Waals surface area contributed by atoms with E-state index in [1.165, 1.54) is 17.7 Å². The zero-order chi connectivity index (χ0) is 12.4. The summed E-state index contributed by atoms with van der Waals surface area (Å²) in [6.07, 6.45) is 3.02. The van der Waals surface area contributed by atoms with E-state index < -0.39 is 11.2 Å². The molecule has 0 amide bonds. The van der Waals surface area contributed by atoms with Gasteiger partial charge in [0.15, 0.2) is 5.78 Å². The van der Waals surface area contributed by atoms with Gasteiger partial charge in [-0.2, -0.15) is 11.8 Å². The SMILES string of the molecule is CC(=O)c1c[nH]c(=O)n(C2CCCSC2)c1=O. The van der Waals surface area contributed by atoms with Gasteiger partial charge in [-0.1, -0.05) is 0 Å². The van der Waals surface area contributed by atoms with Crippen molar-refractivity contribution in [1.29, 1.82) is 0 Å². The summed E-state index contributed by atoms with van der Waals surface area (Å²) in [5, 5.41) is 0. The predicted octanol–water partition coefficient (Wildman–Crippen LogP) is 0.807. The first-order valence-electron chi connectivity index (χ1n) is 5.54. The molecular formula is C11H14N2O3S. The highest BCUT2D eigenvalue weighted by Crippen LogP contribution is 2.24. The van der Waals surface area contributed by atoms with Gasteiger partial charge in [0.05, 0.1) is 11.6 Å². The van der Waals surface area contributed by atoms with Crippen LogP contribution in [-0.4, -0.2) is 26.8 Å². The summed E-state index contributed by atoms with van der Waals surface area (Å²) in [4.78, 5) is 37.5. The van der Waals surface area contributed by atoms with Gasteiger partial charge >= 0.3 is 5.69 Å². The van der Waals surface area contributed by atoms with Crippen LogP contribution in [0.3, 0.4) is 0 Å². The van der Waals surface area contributed by atoms with E-state index in [-0.39, 0.29) is 17.4 Å². The number of thioether (sulfide) groups is 1. The molecule has 0 aliphatic carbocycles. The van der Waals surface area contributed by atoms with Crippen LogP contribution in [0.15, 0.2) is 15.8 Å². The molecule has 1 N–H and O–H groups in total. The van der Waals surface area contributed by atoms with Crippen molar-refractivity contribution in [2.24, 2.45) is 0 Å². The number of nitrogens with one attached hydrogen (secondary N) is 1. The van der Waals surface area contributed by atoms with E-state index in [9.17, 15) is 14.4 Å². The first-order valence-corrected chi connectivity index (χ1v) is 6.69. The minimum Gasteiger partial charge on any atom is -0.313 e. The first-order chi connectivity index (χ1) is 8.11. The Balaban J connectivity index is 2.52. The third kappa shape index (κ3) is 2.36. The second-order valence-electron chi connectivity index (χ2n) is 4.11. The number of Topliss-reactive ketones (excluding diaryl/α,β-unsaturated/α-hetero) is 1. The number of hydrogen-bond donors (Lipinski definition) is 1. The van der Waals surface area contributed by atoms with E-state index in [1.54, 1.807) is 11.8 Å². The van der Waals surface area contributed by atoms with Crippen LogP contribution >= 0.6 is 11.8 Å². The Morgan fingerprint density at radius 3 is 2.88 bits per heavy atom. The molecule has 0 saturated carbocycles. The number of hydrogen-bond acceptors (Lipinski definition) is 4. The van der Waals surface area contributed by atoms with Crippen LogP contribution in [-0.2, 0) is 0 Å². The van der Waals surface area contributed by atoms with Gasteiger partial charge in [0, 0.05) is 11.9 Å². The van der Waals surface area contributed by atoms with Gasteiger partial charge in [-0.25, -0.2) is 4.79 Å². The molecule has 1 fully saturated rings. The van der Waals surface area contributed by atoms with E-state index in [2.05, 4.69) is 4.98 Å². The summed E-state index contributed by atoms with van der Waals surface area (Å²) in [7, 11) is 0. The zero-order valence-corrected chi connectivity index (χ0v) is 10.4. The molecule has 1 atom stereocenters. The average molecular weight is 254 g/mol. The topological polar surface area (TPSA) is 71.9 Å². The molecule has 1 aromatic rings. The van der Waals surface area contributed by atoms with Crippen LogP contribution in [0.5, 0.6) is 0 Å². The van der Waals surface area contributed by atoms with E-state index in [1.807, 2.05) is 0 Å². The third-order valence-corrected chi connectivity index (χ3v) is 4.09. The molecule has 2 heterocycles. The van der Waals surface area contributed by atoms with E-state index in [4.69, 9.17) is 0 Å². The number of rotatable bonds is 2. The number of carbonyl (C=O) groups is 1. The van der Waals surface area contributed by atoms with Crippen LogP contribution in [0, 0.1) is 0 Å². The smallest absolute Gasteiger partial charge is 0.313 e. The van der Waals surface area contributed by atoms with Crippen molar-refractivity contribution in [1.82, 2.24) is 9.55 Å². The van der Waals surface area contributed by atoms with Crippen LogP contribution in [0.2, 0.25) is 0 Å². The number of ketones is 1. The summed E-state index contributed by atoms with van der Waals surface area (Å²) < 4.78 is 1.20. The molecule has 17 heavy (non-hydrogen) atoms. The fourth-order valence-electron chi connectivity index (χ4n) is 2.00. The molecule has 1 aliphatic rings. The second-order valence-corrected chi connectivity index (χ2v) is 5.26. The van der Waals surface area contributed by atoms with Crippen LogP contribution in [0.1, 0.15) is 36.2 Å². The maximum absolute atomic E-state index is 12.0. The van der Waals surface area contributed by atoms with Gasteiger partial charge in [-0.3, -0.25) is 14.2 Å². The van der Waals surface area contributed by atoms with Crippen LogP contribution < -0.4 is 11.2 Å². The number of aromatic amines is 1. The van der Waals surface area contributed by atoms with Crippen molar-refractivity contribution in [3.8, 4) is 0 Å². The highest BCUT2D eigenvalue weighted by Gasteiger charge is 2.21. The molecule has 1 unspecified atom stereocenters. The minimum atomic E-state index is -0.464. The lowest BCUT2D eigenvalue weighted by molar-refractivity contribution is 0.101. The van der Waals surface area contributed by atoms with Crippen molar-refractivity contribution in [3.63, 3.8) is 0 Å². The lowest BCUT2D eigenvalue weighted by atomic mass is 10.1. The van der Waals surface area contributed by atoms with Gasteiger partial charge in [0.1, 0.15) is 0 Å². The number of nitrogens with zero attached hydrogens (tertiary/aromatic N) is 1. The molecule has 1 aromatic heterocycles. The Kier molecular flexibility index (Phi) is 3.51. The first kappa shape index (κ1) is 12.2. The number of aromatic nitrogens is 2. The van der Waals surface area contributed by atoms with E-state index in [0.717, 1.165) is 24.3 Å². The fourth-order valence-corrected chi connectivity index (χ4v) is 3.12. The molecule has 5 nitrogen and oxygen atoms in total. The summed E-state index contributed by atoms with van der Waals surface area (Å²) in [5.41, 5.74) is -0.832. The molecule has 0 aromatic carbocycles. The van der Waals surface area contributed by atoms with Crippen molar-refractivity contribution in [2.75, 3.05) is 11.5 Å². The largest absolute Gasteiger partial charge is 0.328 e. The average Bonchev–Trinajstić information content (AvgIpc) is 2.30. The van der Waals surface area contributed by atoms with Gasteiger partial charge in [-0.05, 0) is 25.5 Å². The molecule has 0 bridgehead atoms. The predicted molar refractivity (Wildman–Crippen MR) is 66.9 cm³/mol. The van der Waals surface area contributed by atoms with Gasteiger partial charge in [0.2, 0.25) is 0 Å². The highest BCUT2D eigenvalue weighted by molar-refractivity contribution is 7.99. The monoisotopic (exact) mass is 254 g/mol. The second kappa shape index (κ2) is 4.91.